The molecule has 0 unspecified atom stereocenters. The van der Waals surface area contributed by atoms with Gasteiger partial charge in [0.05, 0.1) is 23.9 Å². The Hall–Kier alpha value is -3.67. The molecule has 6 heteroatoms. The second-order valence-electron chi connectivity index (χ2n) is 6.76. The summed E-state index contributed by atoms with van der Waals surface area (Å²) in [4.78, 5) is 17.0. The summed E-state index contributed by atoms with van der Waals surface area (Å²) in [6.07, 6.45) is 3.14. The number of nitrogens with zero attached hydrogens (tertiary/aromatic N) is 3. The van der Waals surface area contributed by atoms with Crippen molar-refractivity contribution in [3.63, 3.8) is 0 Å². The van der Waals surface area contributed by atoms with Crippen LogP contribution in [0.5, 0.6) is 5.75 Å². The Balaban J connectivity index is 1.56. The first kappa shape index (κ1) is 18.7. The summed E-state index contributed by atoms with van der Waals surface area (Å²) in [6, 6.07) is 19.5. The molecule has 4 rings (SSSR count). The van der Waals surface area contributed by atoms with Gasteiger partial charge in [-0.25, -0.2) is 9.67 Å². The minimum absolute atomic E-state index is 0.159. The maximum absolute atomic E-state index is 13.0. The van der Waals surface area contributed by atoms with Crippen molar-refractivity contribution < 1.29 is 9.53 Å². The Morgan fingerprint density at radius 2 is 1.83 bits per heavy atom. The van der Waals surface area contributed by atoms with E-state index in [9.17, 15) is 4.79 Å². The summed E-state index contributed by atoms with van der Waals surface area (Å²) in [7, 11) is 0. The molecule has 1 N–H and O–H groups in total. The van der Waals surface area contributed by atoms with Gasteiger partial charge in [0, 0.05) is 0 Å². The molecule has 6 nitrogen and oxygen atoms in total. The lowest BCUT2D eigenvalue weighted by molar-refractivity contribution is 0.0936. The van der Waals surface area contributed by atoms with Crippen molar-refractivity contribution in [1.29, 1.82) is 0 Å². The lowest BCUT2D eigenvalue weighted by Crippen LogP contribution is -2.27. The molecule has 0 aliphatic carbocycles. The average Bonchev–Trinajstić information content (AvgIpc) is 3.28. The van der Waals surface area contributed by atoms with Crippen molar-refractivity contribution in [2.45, 2.75) is 19.9 Å². The summed E-state index contributed by atoms with van der Waals surface area (Å²) >= 11 is 0. The van der Waals surface area contributed by atoms with Crippen molar-refractivity contribution in [1.82, 2.24) is 20.1 Å². The molecule has 4 aromatic rings. The van der Waals surface area contributed by atoms with Gasteiger partial charge >= 0.3 is 0 Å². The molecule has 0 saturated carbocycles. The molecule has 0 spiro atoms. The molecule has 0 aliphatic rings. The summed E-state index contributed by atoms with van der Waals surface area (Å²) in [6.45, 7) is 4.37. The molecule has 1 heterocycles. The van der Waals surface area contributed by atoms with Crippen LogP contribution in [0.2, 0.25) is 0 Å². The zero-order chi connectivity index (χ0) is 20.2. The highest BCUT2D eigenvalue weighted by Gasteiger charge is 2.17. The van der Waals surface area contributed by atoms with Gasteiger partial charge in [0.25, 0.3) is 5.91 Å². The van der Waals surface area contributed by atoms with Crippen LogP contribution < -0.4 is 10.1 Å². The van der Waals surface area contributed by atoms with E-state index in [2.05, 4.69) is 15.4 Å². The smallest absolute Gasteiger partial charge is 0.255 e. The zero-order valence-corrected chi connectivity index (χ0v) is 16.4. The van der Waals surface area contributed by atoms with Gasteiger partial charge in [0.15, 0.2) is 0 Å². The molecule has 1 amide bonds. The van der Waals surface area contributed by atoms with Gasteiger partial charge in [-0.15, -0.1) is 0 Å². The highest BCUT2D eigenvalue weighted by molar-refractivity contribution is 6.01. The molecule has 0 fully saturated rings. The first-order valence-corrected chi connectivity index (χ1v) is 9.57. The summed E-state index contributed by atoms with van der Waals surface area (Å²) in [5, 5.41) is 9.25. The van der Waals surface area contributed by atoms with Crippen molar-refractivity contribution in [2.75, 3.05) is 6.61 Å². The van der Waals surface area contributed by atoms with E-state index >= 15 is 0 Å². The number of fused-ring (bicyclic) bond motifs is 1. The van der Waals surface area contributed by atoms with Gasteiger partial charge in [-0.2, -0.15) is 5.10 Å². The summed E-state index contributed by atoms with van der Waals surface area (Å²) in [5.74, 6) is 0.435. The fourth-order valence-electron chi connectivity index (χ4n) is 3.29. The normalized spacial score (nSPS) is 11.9. The van der Waals surface area contributed by atoms with Crippen LogP contribution in [0.4, 0.5) is 0 Å². The number of carbonyl (C=O) groups is 1. The molecule has 3 aromatic carbocycles. The van der Waals surface area contributed by atoms with Gasteiger partial charge in [-0.1, -0.05) is 36.4 Å². The van der Waals surface area contributed by atoms with Crippen LogP contribution in [0.15, 0.2) is 73.3 Å². The van der Waals surface area contributed by atoms with Crippen LogP contribution in [0.1, 0.15) is 35.8 Å². The van der Waals surface area contributed by atoms with Crippen molar-refractivity contribution in [3.8, 4) is 11.4 Å². The van der Waals surface area contributed by atoms with E-state index < -0.39 is 0 Å². The van der Waals surface area contributed by atoms with Crippen LogP contribution >= 0.6 is 0 Å². The molecule has 0 bridgehead atoms. The average molecular weight is 386 g/mol. The van der Waals surface area contributed by atoms with Gasteiger partial charge in [-0.05, 0) is 54.4 Å². The topological polar surface area (TPSA) is 69.0 Å². The van der Waals surface area contributed by atoms with E-state index in [4.69, 9.17) is 4.74 Å². The molecule has 29 heavy (non-hydrogen) atoms. The standard InChI is InChI=1S/C23H22N4O2/c1-3-29-22-13-19-7-5-4-6-18(19)12-21(22)23(28)26-16(2)17-8-10-20(11-9-17)27-15-24-14-25-27/h4-16H,3H2,1-2H3,(H,26,28)/t16-/m0/s1. The van der Waals surface area contributed by atoms with E-state index in [1.807, 2.05) is 74.5 Å². The van der Waals surface area contributed by atoms with Crippen LogP contribution in [0, 0.1) is 0 Å². The molecular formula is C23H22N4O2. The minimum Gasteiger partial charge on any atom is -0.493 e. The summed E-state index contributed by atoms with van der Waals surface area (Å²) in [5.41, 5.74) is 2.45. The monoisotopic (exact) mass is 386 g/mol. The molecule has 1 atom stereocenters. The van der Waals surface area contributed by atoms with E-state index in [1.165, 1.54) is 6.33 Å². The number of carbonyl (C=O) groups excluding carboxylic acids is 1. The maximum Gasteiger partial charge on any atom is 0.255 e. The number of hydrogen-bond donors (Lipinski definition) is 1. The third-order valence-corrected chi connectivity index (χ3v) is 4.82. The Kier molecular flexibility index (Phi) is 5.24. The number of rotatable bonds is 6. The highest BCUT2D eigenvalue weighted by atomic mass is 16.5. The zero-order valence-electron chi connectivity index (χ0n) is 16.4. The quantitative estimate of drug-likeness (QED) is 0.536. The van der Waals surface area contributed by atoms with Crippen LogP contribution in [0.3, 0.4) is 0 Å². The Morgan fingerprint density at radius 1 is 1.10 bits per heavy atom. The summed E-state index contributed by atoms with van der Waals surface area (Å²) < 4.78 is 7.43. The van der Waals surface area contributed by atoms with E-state index in [1.54, 1.807) is 11.0 Å². The fourth-order valence-corrected chi connectivity index (χ4v) is 3.29. The maximum atomic E-state index is 13.0. The van der Waals surface area contributed by atoms with Crippen molar-refractivity contribution in [3.05, 3.63) is 84.4 Å². The molecule has 146 valence electrons. The SMILES string of the molecule is CCOc1cc2ccccc2cc1C(=O)N[C@@H](C)c1ccc(-n2cncn2)cc1. The largest absolute Gasteiger partial charge is 0.493 e. The molecule has 0 radical (unpaired) electrons. The van der Waals surface area contributed by atoms with E-state index in [0.29, 0.717) is 17.9 Å². The highest BCUT2D eigenvalue weighted by Crippen LogP contribution is 2.27. The minimum atomic E-state index is -0.160. The lowest BCUT2D eigenvalue weighted by Gasteiger charge is -2.17. The Bertz CT molecular complexity index is 1120. The third kappa shape index (κ3) is 3.96. The Labute approximate surface area is 169 Å². The molecule has 0 aliphatic heterocycles. The molecule has 1 aromatic heterocycles. The van der Waals surface area contributed by atoms with Crippen molar-refractivity contribution in [2.24, 2.45) is 0 Å². The van der Waals surface area contributed by atoms with E-state index in [-0.39, 0.29) is 11.9 Å². The molecular weight excluding hydrogens is 364 g/mol. The number of benzene rings is 3. The molecule has 0 saturated heterocycles. The van der Waals surface area contributed by atoms with Gasteiger partial charge < -0.3 is 10.1 Å². The third-order valence-electron chi connectivity index (χ3n) is 4.82. The Morgan fingerprint density at radius 3 is 2.48 bits per heavy atom. The number of hydrogen-bond acceptors (Lipinski definition) is 4. The van der Waals surface area contributed by atoms with Gasteiger partial charge in [0.2, 0.25) is 0 Å². The number of aromatic nitrogens is 3. The first-order chi connectivity index (χ1) is 14.2. The van der Waals surface area contributed by atoms with Gasteiger partial charge in [0.1, 0.15) is 18.4 Å². The van der Waals surface area contributed by atoms with Crippen LogP contribution in [-0.2, 0) is 0 Å². The second kappa shape index (κ2) is 8.14. The van der Waals surface area contributed by atoms with Gasteiger partial charge in [-0.3, -0.25) is 4.79 Å². The van der Waals surface area contributed by atoms with Crippen molar-refractivity contribution >= 4 is 16.7 Å². The van der Waals surface area contributed by atoms with Crippen LogP contribution in [0.25, 0.3) is 16.5 Å². The number of amides is 1. The first-order valence-electron chi connectivity index (χ1n) is 9.57. The predicted octanol–water partition coefficient (Wildman–Crippen LogP) is 4.31. The second-order valence-corrected chi connectivity index (χ2v) is 6.76. The number of nitrogens with one attached hydrogen (secondary N) is 1. The number of ether oxygens (including phenoxy) is 1. The van der Waals surface area contributed by atoms with Crippen LogP contribution in [-0.4, -0.2) is 27.3 Å². The predicted molar refractivity (Wildman–Crippen MR) is 112 cm³/mol. The van der Waals surface area contributed by atoms with E-state index in [0.717, 1.165) is 22.0 Å². The lowest BCUT2D eigenvalue weighted by atomic mass is 10.0. The fraction of sp³-hybridized carbons (Fsp3) is 0.174.